The van der Waals surface area contributed by atoms with E-state index < -0.39 is 0 Å². The molecule has 0 heterocycles. The summed E-state index contributed by atoms with van der Waals surface area (Å²) in [6, 6.07) is 0. The monoisotopic (exact) mass is 424 g/mol. The molecule has 0 aromatic heterocycles. The fraction of sp³-hybridized carbons (Fsp3) is 0.846. The van der Waals surface area contributed by atoms with E-state index in [-0.39, 0.29) is 11.9 Å². The second kappa shape index (κ2) is 24.0. The number of allylic oxidation sites excluding steroid dienone is 2. The molecule has 0 aliphatic carbocycles. The lowest BCUT2D eigenvalue weighted by molar-refractivity contribution is -0.144. The van der Waals surface area contributed by atoms with Crippen LogP contribution >= 0.6 is 0 Å². The lowest BCUT2D eigenvalue weighted by atomic mass is 10.1. The summed E-state index contributed by atoms with van der Waals surface area (Å²) in [5, 5.41) is 0. The first-order chi connectivity index (χ1) is 14.7. The summed E-state index contributed by atoms with van der Waals surface area (Å²) in [6.45, 7) is 5.47. The largest absolute Gasteiger partial charge is 0.466 e. The SMILES string of the molecule is CCCCCOC(=O)CCCC/C=C/CCCCCCCCC(=O)OCCCCC. The lowest BCUT2D eigenvalue weighted by Crippen LogP contribution is -2.05. The number of hydrogen-bond donors (Lipinski definition) is 0. The number of carbonyl (C=O) groups is 2. The third-order valence-corrected chi connectivity index (χ3v) is 5.19. The van der Waals surface area contributed by atoms with Crippen LogP contribution in [0.5, 0.6) is 0 Å². The maximum absolute atomic E-state index is 11.6. The fourth-order valence-electron chi connectivity index (χ4n) is 3.23. The van der Waals surface area contributed by atoms with Crippen molar-refractivity contribution in [1.29, 1.82) is 0 Å². The minimum atomic E-state index is -0.0426. The molecule has 0 aliphatic heterocycles. The predicted octanol–water partition coefficient (Wildman–Crippen LogP) is 7.69. The smallest absolute Gasteiger partial charge is 0.305 e. The molecule has 0 aliphatic rings. The fourth-order valence-corrected chi connectivity index (χ4v) is 3.23. The third-order valence-electron chi connectivity index (χ3n) is 5.19. The van der Waals surface area contributed by atoms with E-state index in [1.54, 1.807) is 0 Å². The van der Waals surface area contributed by atoms with E-state index in [1.807, 2.05) is 0 Å². The molecule has 0 saturated carbocycles. The van der Waals surface area contributed by atoms with Gasteiger partial charge in [0, 0.05) is 12.8 Å². The van der Waals surface area contributed by atoms with Crippen molar-refractivity contribution in [1.82, 2.24) is 0 Å². The van der Waals surface area contributed by atoms with Crippen LogP contribution in [0.1, 0.15) is 129 Å². The van der Waals surface area contributed by atoms with E-state index in [0.717, 1.165) is 77.0 Å². The summed E-state index contributed by atoms with van der Waals surface area (Å²) in [6.07, 6.45) is 23.4. The van der Waals surface area contributed by atoms with Crippen molar-refractivity contribution in [3.05, 3.63) is 12.2 Å². The number of esters is 2. The van der Waals surface area contributed by atoms with Crippen LogP contribution in [0.3, 0.4) is 0 Å². The van der Waals surface area contributed by atoms with Gasteiger partial charge in [-0.05, 0) is 51.4 Å². The number of rotatable bonds is 22. The van der Waals surface area contributed by atoms with Crippen molar-refractivity contribution in [2.24, 2.45) is 0 Å². The zero-order valence-electron chi connectivity index (χ0n) is 19.9. The lowest BCUT2D eigenvalue weighted by Gasteiger charge is -2.04. The first-order valence-corrected chi connectivity index (χ1v) is 12.7. The van der Waals surface area contributed by atoms with Gasteiger partial charge in [-0.15, -0.1) is 0 Å². The number of hydrogen-bond acceptors (Lipinski definition) is 4. The Morgan fingerprint density at radius 3 is 1.43 bits per heavy atom. The summed E-state index contributed by atoms with van der Waals surface area (Å²) >= 11 is 0. The Hall–Kier alpha value is -1.32. The Labute approximate surface area is 186 Å². The van der Waals surface area contributed by atoms with Gasteiger partial charge in [-0.25, -0.2) is 0 Å². The summed E-state index contributed by atoms with van der Waals surface area (Å²) in [4.78, 5) is 23.1. The highest BCUT2D eigenvalue weighted by molar-refractivity contribution is 5.69. The van der Waals surface area contributed by atoms with E-state index in [0.29, 0.717) is 26.1 Å². The molecular weight excluding hydrogens is 376 g/mol. The van der Waals surface area contributed by atoms with Gasteiger partial charge in [0.25, 0.3) is 0 Å². The molecule has 0 N–H and O–H groups in total. The summed E-state index contributed by atoms with van der Waals surface area (Å²) < 4.78 is 10.4. The van der Waals surface area contributed by atoms with Crippen LogP contribution in [-0.4, -0.2) is 25.2 Å². The second-order valence-corrected chi connectivity index (χ2v) is 8.23. The van der Waals surface area contributed by atoms with Crippen LogP contribution in [0.2, 0.25) is 0 Å². The molecule has 0 atom stereocenters. The van der Waals surface area contributed by atoms with Crippen molar-refractivity contribution in [3.63, 3.8) is 0 Å². The van der Waals surface area contributed by atoms with E-state index in [4.69, 9.17) is 9.47 Å². The van der Waals surface area contributed by atoms with Crippen molar-refractivity contribution in [2.45, 2.75) is 129 Å². The highest BCUT2D eigenvalue weighted by atomic mass is 16.5. The molecule has 4 nitrogen and oxygen atoms in total. The predicted molar refractivity (Wildman–Crippen MR) is 126 cm³/mol. The Balaban J connectivity index is 3.27. The van der Waals surface area contributed by atoms with Crippen molar-refractivity contribution in [3.8, 4) is 0 Å². The van der Waals surface area contributed by atoms with Crippen LogP contribution in [0.15, 0.2) is 12.2 Å². The van der Waals surface area contributed by atoms with Gasteiger partial charge in [-0.2, -0.15) is 0 Å². The van der Waals surface area contributed by atoms with Crippen LogP contribution in [0, 0.1) is 0 Å². The molecule has 0 unspecified atom stereocenters. The molecule has 0 saturated heterocycles. The molecular formula is C26H48O4. The molecule has 176 valence electrons. The topological polar surface area (TPSA) is 52.6 Å². The zero-order valence-corrected chi connectivity index (χ0v) is 19.9. The van der Waals surface area contributed by atoms with Crippen molar-refractivity contribution in [2.75, 3.05) is 13.2 Å². The summed E-state index contributed by atoms with van der Waals surface area (Å²) in [5.74, 6) is -0.0703. The Kier molecular flexibility index (Phi) is 22.9. The maximum Gasteiger partial charge on any atom is 0.305 e. The van der Waals surface area contributed by atoms with Gasteiger partial charge in [0.15, 0.2) is 0 Å². The average molecular weight is 425 g/mol. The zero-order chi connectivity index (χ0) is 22.1. The molecule has 0 fully saturated rings. The van der Waals surface area contributed by atoms with E-state index in [1.165, 1.54) is 25.7 Å². The molecule has 0 radical (unpaired) electrons. The van der Waals surface area contributed by atoms with E-state index in [9.17, 15) is 9.59 Å². The quantitative estimate of drug-likeness (QED) is 0.101. The normalized spacial score (nSPS) is 11.1. The molecule has 0 spiro atoms. The van der Waals surface area contributed by atoms with Gasteiger partial charge in [0.05, 0.1) is 13.2 Å². The van der Waals surface area contributed by atoms with Crippen LogP contribution < -0.4 is 0 Å². The first kappa shape index (κ1) is 28.7. The van der Waals surface area contributed by atoms with E-state index >= 15 is 0 Å². The van der Waals surface area contributed by atoms with Crippen molar-refractivity contribution < 1.29 is 19.1 Å². The minimum Gasteiger partial charge on any atom is -0.466 e. The van der Waals surface area contributed by atoms with Crippen LogP contribution in [-0.2, 0) is 19.1 Å². The van der Waals surface area contributed by atoms with Gasteiger partial charge in [0.2, 0.25) is 0 Å². The van der Waals surface area contributed by atoms with Crippen LogP contribution in [0.4, 0.5) is 0 Å². The second-order valence-electron chi connectivity index (χ2n) is 8.23. The molecule has 0 aromatic carbocycles. The van der Waals surface area contributed by atoms with Gasteiger partial charge in [-0.1, -0.05) is 77.4 Å². The standard InChI is InChI=1S/C26H48O4/c1-3-5-19-23-29-25(27)21-17-15-13-11-9-7-8-10-12-14-16-18-22-26(28)30-24-20-6-4-2/h9,11H,3-8,10,12-24H2,1-2H3/b11-9+. The van der Waals surface area contributed by atoms with E-state index in [2.05, 4.69) is 26.0 Å². The minimum absolute atomic E-state index is 0.0277. The van der Waals surface area contributed by atoms with Gasteiger partial charge in [0.1, 0.15) is 0 Å². The van der Waals surface area contributed by atoms with Gasteiger partial charge < -0.3 is 9.47 Å². The average Bonchev–Trinajstić information content (AvgIpc) is 2.74. The number of carbonyl (C=O) groups excluding carboxylic acids is 2. The Bertz CT molecular complexity index is 417. The number of ether oxygens (including phenoxy) is 2. The summed E-state index contributed by atoms with van der Waals surface area (Å²) in [5.41, 5.74) is 0. The van der Waals surface area contributed by atoms with Gasteiger partial charge >= 0.3 is 11.9 Å². The highest BCUT2D eigenvalue weighted by Crippen LogP contribution is 2.10. The van der Waals surface area contributed by atoms with Gasteiger partial charge in [-0.3, -0.25) is 9.59 Å². The maximum atomic E-state index is 11.6. The Morgan fingerprint density at radius 2 is 0.933 bits per heavy atom. The molecule has 0 amide bonds. The third kappa shape index (κ3) is 23.0. The molecule has 4 heteroatoms. The first-order valence-electron chi connectivity index (χ1n) is 12.7. The molecule has 0 aromatic rings. The molecule has 0 bridgehead atoms. The highest BCUT2D eigenvalue weighted by Gasteiger charge is 2.02. The molecule has 0 rings (SSSR count). The van der Waals surface area contributed by atoms with Crippen LogP contribution in [0.25, 0.3) is 0 Å². The summed E-state index contributed by atoms with van der Waals surface area (Å²) in [7, 11) is 0. The molecule has 30 heavy (non-hydrogen) atoms. The number of unbranched alkanes of at least 4 members (excludes halogenated alkanes) is 12. The Morgan fingerprint density at radius 1 is 0.533 bits per heavy atom. The van der Waals surface area contributed by atoms with Crippen molar-refractivity contribution >= 4 is 11.9 Å².